The van der Waals surface area contributed by atoms with E-state index in [0.29, 0.717) is 12.1 Å². The summed E-state index contributed by atoms with van der Waals surface area (Å²) < 4.78 is 0. The second kappa shape index (κ2) is 9.40. The van der Waals surface area contributed by atoms with E-state index in [1.807, 2.05) is 0 Å². The van der Waals surface area contributed by atoms with Crippen LogP contribution in [0.15, 0.2) is 24.3 Å². The highest BCUT2D eigenvalue weighted by atomic mass is 16.7. The summed E-state index contributed by atoms with van der Waals surface area (Å²) in [7, 11) is 0. The molecule has 2 aromatic carbocycles. The summed E-state index contributed by atoms with van der Waals surface area (Å²) in [6.07, 6.45) is 9.53. The molecule has 4 rings (SSSR count). The fourth-order valence-corrected chi connectivity index (χ4v) is 5.04. The Balaban J connectivity index is 1.15. The maximum Gasteiger partial charge on any atom is 0.153 e. The molecule has 162 valence electrons. The summed E-state index contributed by atoms with van der Waals surface area (Å²) in [5.41, 5.74) is 14.3. The van der Waals surface area contributed by atoms with Crippen LogP contribution in [0.5, 0.6) is 11.5 Å². The van der Waals surface area contributed by atoms with E-state index in [0.717, 1.165) is 24.3 Å². The molecule has 2 aliphatic heterocycles. The molecular formula is C26H36N2O2. The van der Waals surface area contributed by atoms with Crippen LogP contribution in [-0.4, -0.2) is 12.1 Å². The number of hydrogen-bond acceptors (Lipinski definition) is 4. The van der Waals surface area contributed by atoms with Crippen LogP contribution in [0.2, 0.25) is 0 Å². The fraction of sp³-hybridized carbons (Fsp3) is 0.538. The monoisotopic (exact) mass is 408 g/mol. The maximum absolute atomic E-state index is 5.85. The van der Waals surface area contributed by atoms with Crippen LogP contribution >= 0.6 is 0 Å². The number of hydrogen-bond donors (Lipinski definition) is 2. The molecule has 2 atom stereocenters. The van der Waals surface area contributed by atoms with Gasteiger partial charge in [-0.15, -0.1) is 0 Å². The van der Waals surface area contributed by atoms with Gasteiger partial charge in [0.25, 0.3) is 0 Å². The zero-order valence-electron chi connectivity index (χ0n) is 18.9. The summed E-state index contributed by atoms with van der Waals surface area (Å²) in [6.45, 7) is 8.58. The molecule has 0 aromatic heterocycles. The van der Waals surface area contributed by atoms with Gasteiger partial charge >= 0.3 is 0 Å². The summed E-state index contributed by atoms with van der Waals surface area (Å²) in [6, 6.07) is 9.78. The largest absolute Gasteiger partial charge is 0.408 e. The Morgan fingerprint density at radius 3 is 1.53 bits per heavy atom. The van der Waals surface area contributed by atoms with Crippen molar-refractivity contribution in [2.24, 2.45) is 0 Å². The minimum atomic E-state index is 0.426. The van der Waals surface area contributed by atoms with Crippen molar-refractivity contribution in [3.63, 3.8) is 0 Å². The molecule has 0 amide bonds. The standard InChI is InChI=1S/C26H36N2O2/c1-17-11-19(3)25-21(13-17)15-23(27-29-25)9-7-5-6-8-10-24-16-22-14-18(2)12-20(4)26(22)30-28-24/h11-14,23-24,27-28H,5-10,15-16H2,1-4H3. The van der Waals surface area contributed by atoms with Crippen LogP contribution in [0.4, 0.5) is 0 Å². The number of aryl methyl sites for hydroxylation is 4. The summed E-state index contributed by atoms with van der Waals surface area (Å²) in [5, 5.41) is 0. The van der Waals surface area contributed by atoms with Crippen LogP contribution in [0.3, 0.4) is 0 Å². The van der Waals surface area contributed by atoms with Crippen molar-refractivity contribution in [1.29, 1.82) is 0 Å². The predicted octanol–water partition coefficient (Wildman–Crippen LogP) is 5.58. The third-order valence-corrected chi connectivity index (χ3v) is 6.43. The van der Waals surface area contributed by atoms with Gasteiger partial charge in [0.15, 0.2) is 11.5 Å². The van der Waals surface area contributed by atoms with E-state index in [4.69, 9.17) is 9.68 Å². The topological polar surface area (TPSA) is 42.5 Å². The van der Waals surface area contributed by atoms with Crippen LogP contribution in [0.1, 0.15) is 71.9 Å². The molecule has 0 fully saturated rings. The SMILES string of the molecule is Cc1cc(C)c2c(c1)CC(CCCCCCC1Cc3cc(C)cc(C)c3ON1)NO2. The van der Waals surface area contributed by atoms with Gasteiger partial charge in [-0.25, -0.2) is 0 Å². The molecule has 4 nitrogen and oxygen atoms in total. The van der Waals surface area contributed by atoms with E-state index in [2.05, 4.69) is 62.9 Å². The normalized spacial score (nSPS) is 20.1. The molecule has 0 aliphatic carbocycles. The molecule has 2 aliphatic rings. The first kappa shape index (κ1) is 21.2. The zero-order valence-corrected chi connectivity index (χ0v) is 18.9. The zero-order chi connectivity index (χ0) is 21.1. The molecule has 0 saturated carbocycles. The highest BCUT2D eigenvalue weighted by Gasteiger charge is 2.22. The highest BCUT2D eigenvalue weighted by molar-refractivity contribution is 5.45. The Bertz CT molecular complexity index is 820. The predicted molar refractivity (Wildman–Crippen MR) is 122 cm³/mol. The van der Waals surface area contributed by atoms with Gasteiger partial charge in [-0.2, -0.15) is 11.0 Å². The molecule has 2 aromatic rings. The van der Waals surface area contributed by atoms with Gasteiger partial charge in [0.1, 0.15) is 0 Å². The van der Waals surface area contributed by atoms with Gasteiger partial charge in [0.2, 0.25) is 0 Å². The van der Waals surface area contributed by atoms with Crippen LogP contribution < -0.4 is 20.6 Å². The Morgan fingerprint density at radius 1 is 0.667 bits per heavy atom. The van der Waals surface area contributed by atoms with Gasteiger partial charge in [-0.3, -0.25) is 0 Å². The minimum Gasteiger partial charge on any atom is -0.408 e. The number of unbranched alkanes of at least 4 members (excludes halogenated alkanes) is 3. The first-order valence-corrected chi connectivity index (χ1v) is 11.5. The second-order valence-corrected chi connectivity index (χ2v) is 9.37. The van der Waals surface area contributed by atoms with Crippen molar-refractivity contribution in [1.82, 2.24) is 11.0 Å². The maximum atomic E-state index is 5.85. The third kappa shape index (κ3) is 4.98. The van der Waals surface area contributed by atoms with Gasteiger partial charge in [-0.1, -0.05) is 61.1 Å². The molecule has 0 bridgehead atoms. The number of nitrogens with one attached hydrogen (secondary N) is 2. The van der Waals surface area contributed by atoms with Crippen molar-refractivity contribution in [3.8, 4) is 11.5 Å². The Hall–Kier alpha value is -2.04. The van der Waals surface area contributed by atoms with Crippen molar-refractivity contribution in [3.05, 3.63) is 57.6 Å². The Labute approximate surface area is 181 Å². The average Bonchev–Trinajstić information content (AvgIpc) is 2.69. The van der Waals surface area contributed by atoms with Crippen LogP contribution in [0.25, 0.3) is 0 Å². The third-order valence-electron chi connectivity index (χ3n) is 6.43. The van der Waals surface area contributed by atoms with E-state index in [1.54, 1.807) is 0 Å². The van der Waals surface area contributed by atoms with Gasteiger partial charge in [0.05, 0.1) is 0 Å². The van der Waals surface area contributed by atoms with Crippen molar-refractivity contribution < 1.29 is 9.68 Å². The molecule has 30 heavy (non-hydrogen) atoms. The quantitative estimate of drug-likeness (QED) is 0.587. The van der Waals surface area contributed by atoms with E-state index in [1.165, 1.54) is 71.9 Å². The van der Waals surface area contributed by atoms with Gasteiger partial charge in [0, 0.05) is 12.1 Å². The molecular weight excluding hydrogens is 372 g/mol. The van der Waals surface area contributed by atoms with E-state index in [-0.39, 0.29) is 0 Å². The lowest BCUT2D eigenvalue weighted by Crippen LogP contribution is -2.38. The Morgan fingerprint density at radius 2 is 1.10 bits per heavy atom. The summed E-state index contributed by atoms with van der Waals surface area (Å²) >= 11 is 0. The molecule has 0 radical (unpaired) electrons. The first-order valence-electron chi connectivity index (χ1n) is 11.5. The van der Waals surface area contributed by atoms with Crippen molar-refractivity contribution >= 4 is 0 Å². The van der Waals surface area contributed by atoms with Crippen molar-refractivity contribution in [2.45, 2.75) is 91.1 Å². The molecule has 4 heteroatoms. The number of hydroxylamine groups is 2. The van der Waals surface area contributed by atoms with Crippen molar-refractivity contribution in [2.75, 3.05) is 0 Å². The molecule has 2 heterocycles. The van der Waals surface area contributed by atoms with Gasteiger partial charge in [-0.05, 0) is 75.6 Å². The lowest BCUT2D eigenvalue weighted by atomic mass is 9.94. The van der Waals surface area contributed by atoms with Gasteiger partial charge < -0.3 is 9.68 Å². The van der Waals surface area contributed by atoms with E-state index >= 15 is 0 Å². The molecule has 0 spiro atoms. The lowest BCUT2D eigenvalue weighted by Gasteiger charge is -2.28. The fourth-order valence-electron chi connectivity index (χ4n) is 5.04. The Kier molecular flexibility index (Phi) is 6.64. The van der Waals surface area contributed by atoms with E-state index < -0.39 is 0 Å². The average molecular weight is 409 g/mol. The first-order chi connectivity index (χ1) is 14.5. The van der Waals surface area contributed by atoms with Crippen LogP contribution in [-0.2, 0) is 12.8 Å². The number of benzene rings is 2. The lowest BCUT2D eigenvalue weighted by molar-refractivity contribution is 0.125. The molecule has 2 N–H and O–H groups in total. The highest BCUT2D eigenvalue weighted by Crippen LogP contribution is 2.31. The number of rotatable bonds is 7. The smallest absolute Gasteiger partial charge is 0.153 e. The molecule has 0 saturated heterocycles. The summed E-state index contributed by atoms with van der Waals surface area (Å²) in [5.74, 6) is 2.07. The second-order valence-electron chi connectivity index (χ2n) is 9.37. The summed E-state index contributed by atoms with van der Waals surface area (Å²) in [4.78, 5) is 11.7. The molecule has 2 unspecified atom stereocenters. The minimum absolute atomic E-state index is 0.426. The van der Waals surface area contributed by atoms with Crippen LogP contribution in [0, 0.1) is 27.7 Å². The number of fused-ring (bicyclic) bond motifs is 2. The van der Waals surface area contributed by atoms with E-state index in [9.17, 15) is 0 Å².